The van der Waals surface area contributed by atoms with Gasteiger partial charge in [-0.1, -0.05) is 29.8 Å². The molecule has 0 fully saturated rings. The molecule has 112 valence electrons. The van der Waals surface area contributed by atoms with Crippen molar-refractivity contribution in [2.75, 3.05) is 27.2 Å². The number of benzene rings is 1. The molecule has 0 bridgehead atoms. The SMILES string of the molecule is CNC(CN(C)CCc1ccncc1)c1ccc(C)cc1. The third-order valence-electron chi connectivity index (χ3n) is 3.85. The normalized spacial score (nSPS) is 12.6. The quantitative estimate of drug-likeness (QED) is 0.847. The Bertz CT molecular complexity index is 522. The first kappa shape index (κ1) is 15.7. The fourth-order valence-electron chi connectivity index (χ4n) is 2.43. The molecular weight excluding hydrogens is 258 g/mol. The summed E-state index contributed by atoms with van der Waals surface area (Å²) in [5.41, 5.74) is 3.99. The fourth-order valence-corrected chi connectivity index (χ4v) is 2.43. The van der Waals surface area contributed by atoms with Crippen molar-refractivity contribution < 1.29 is 0 Å². The Balaban J connectivity index is 1.87. The number of hydrogen-bond donors (Lipinski definition) is 1. The summed E-state index contributed by atoms with van der Waals surface area (Å²) < 4.78 is 0. The van der Waals surface area contributed by atoms with E-state index in [0.29, 0.717) is 6.04 Å². The zero-order chi connectivity index (χ0) is 15.1. The van der Waals surface area contributed by atoms with E-state index in [9.17, 15) is 0 Å². The third kappa shape index (κ3) is 4.96. The minimum atomic E-state index is 0.369. The van der Waals surface area contributed by atoms with Crippen LogP contribution in [0.4, 0.5) is 0 Å². The summed E-state index contributed by atoms with van der Waals surface area (Å²) in [6.07, 6.45) is 4.78. The molecule has 0 radical (unpaired) electrons. The summed E-state index contributed by atoms with van der Waals surface area (Å²) in [7, 11) is 4.21. The van der Waals surface area contributed by atoms with Gasteiger partial charge in [-0.2, -0.15) is 0 Å². The smallest absolute Gasteiger partial charge is 0.0446 e. The minimum Gasteiger partial charge on any atom is -0.312 e. The van der Waals surface area contributed by atoms with Crippen molar-refractivity contribution in [1.82, 2.24) is 15.2 Å². The predicted octanol–water partition coefficient (Wildman–Crippen LogP) is 2.83. The highest BCUT2D eigenvalue weighted by Crippen LogP contribution is 2.14. The van der Waals surface area contributed by atoms with Gasteiger partial charge >= 0.3 is 0 Å². The van der Waals surface area contributed by atoms with Gasteiger partial charge in [0.15, 0.2) is 0 Å². The molecule has 1 heterocycles. The van der Waals surface area contributed by atoms with Gasteiger partial charge < -0.3 is 10.2 Å². The Labute approximate surface area is 128 Å². The Morgan fingerprint density at radius 3 is 2.38 bits per heavy atom. The van der Waals surface area contributed by atoms with E-state index in [1.807, 2.05) is 19.4 Å². The van der Waals surface area contributed by atoms with Crippen molar-refractivity contribution in [2.45, 2.75) is 19.4 Å². The summed E-state index contributed by atoms with van der Waals surface area (Å²) in [5, 5.41) is 3.42. The number of hydrogen-bond acceptors (Lipinski definition) is 3. The largest absolute Gasteiger partial charge is 0.312 e. The molecular formula is C18H25N3. The lowest BCUT2D eigenvalue weighted by molar-refractivity contribution is 0.300. The second-order valence-electron chi connectivity index (χ2n) is 5.62. The average molecular weight is 283 g/mol. The maximum Gasteiger partial charge on any atom is 0.0446 e. The molecule has 21 heavy (non-hydrogen) atoms. The molecule has 0 spiro atoms. The first-order valence-corrected chi connectivity index (χ1v) is 7.50. The average Bonchev–Trinajstić information content (AvgIpc) is 2.52. The molecule has 2 rings (SSSR count). The van der Waals surface area contributed by atoms with E-state index in [1.54, 1.807) is 0 Å². The molecule has 0 saturated heterocycles. The van der Waals surface area contributed by atoms with Gasteiger partial charge in [-0.05, 0) is 50.7 Å². The lowest BCUT2D eigenvalue weighted by Crippen LogP contribution is -2.32. The van der Waals surface area contributed by atoms with E-state index in [-0.39, 0.29) is 0 Å². The predicted molar refractivity (Wildman–Crippen MR) is 88.4 cm³/mol. The molecule has 0 aliphatic rings. The molecule has 1 N–H and O–H groups in total. The zero-order valence-electron chi connectivity index (χ0n) is 13.2. The maximum atomic E-state index is 4.06. The fraction of sp³-hybridized carbons (Fsp3) is 0.389. The Morgan fingerprint density at radius 1 is 1.10 bits per heavy atom. The van der Waals surface area contributed by atoms with Gasteiger partial charge in [0.2, 0.25) is 0 Å². The topological polar surface area (TPSA) is 28.2 Å². The van der Waals surface area contributed by atoms with Crippen LogP contribution in [-0.2, 0) is 6.42 Å². The molecule has 0 aliphatic heterocycles. The van der Waals surface area contributed by atoms with Crippen LogP contribution in [0, 0.1) is 6.92 Å². The lowest BCUT2D eigenvalue weighted by atomic mass is 10.0. The molecule has 3 heteroatoms. The van der Waals surface area contributed by atoms with E-state index in [0.717, 1.165) is 19.5 Å². The first-order chi connectivity index (χ1) is 10.2. The number of aromatic nitrogens is 1. The zero-order valence-corrected chi connectivity index (χ0v) is 13.2. The monoisotopic (exact) mass is 283 g/mol. The highest BCUT2D eigenvalue weighted by Gasteiger charge is 2.11. The van der Waals surface area contributed by atoms with Crippen LogP contribution in [0.15, 0.2) is 48.8 Å². The number of nitrogens with one attached hydrogen (secondary N) is 1. The maximum absolute atomic E-state index is 4.06. The van der Waals surface area contributed by atoms with Crippen molar-refractivity contribution in [1.29, 1.82) is 0 Å². The number of rotatable bonds is 7. The van der Waals surface area contributed by atoms with Crippen molar-refractivity contribution in [3.63, 3.8) is 0 Å². The van der Waals surface area contributed by atoms with E-state index in [2.05, 4.69) is 65.6 Å². The van der Waals surface area contributed by atoms with Crippen LogP contribution in [0.2, 0.25) is 0 Å². The molecule has 1 aromatic carbocycles. The van der Waals surface area contributed by atoms with Crippen LogP contribution in [0.5, 0.6) is 0 Å². The summed E-state index contributed by atoms with van der Waals surface area (Å²) in [4.78, 5) is 6.43. The van der Waals surface area contributed by atoms with Crippen LogP contribution < -0.4 is 5.32 Å². The Kier molecular flexibility index (Phi) is 5.90. The molecule has 2 aromatic rings. The standard InChI is InChI=1S/C18H25N3/c1-15-4-6-17(7-5-15)18(19-2)14-21(3)13-10-16-8-11-20-12-9-16/h4-9,11-12,18-19H,10,13-14H2,1-3H3. The van der Waals surface area contributed by atoms with Gasteiger partial charge in [0.25, 0.3) is 0 Å². The van der Waals surface area contributed by atoms with E-state index in [4.69, 9.17) is 0 Å². The summed E-state index contributed by atoms with van der Waals surface area (Å²) in [5.74, 6) is 0. The van der Waals surface area contributed by atoms with Crippen LogP contribution in [-0.4, -0.2) is 37.1 Å². The number of aryl methyl sites for hydroxylation is 1. The lowest BCUT2D eigenvalue weighted by Gasteiger charge is -2.24. The van der Waals surface area contributed by atoms with Crippen LogP contribution in [0.3, 0.4) is 0 Å². The van der Waals surface area contributed by atoms with Gasteiger partial charge in [-0.15, -0.1) is 0 Å². The molecule has 1 unspecified atom stereocenters. The molecule has 0 aliphatic carbocycles. The molecule has 0 saturated carbocycles. The van der Waals surface area contributed by atoms with Crippen molar-refractivity contribution >= 4 is 0 Å². The second-order valence-corrected chi connectivity index (χ2v) is 5.62. The van der Waals surface area contributed by atoms with Crippen molar-refractivity contribution in [2.24, 2.45) is 0 Å². The van der Waals surface area contributed by atoms with Crippen molar-refractivity contribution in [3.8, 4) is 0 Å². The summed E-state index contributed by atoms with van der Waals surface area (Å²) >= 11 is 0. The molecule has 0 amide bonds. The van der Waals surface area contributed by atoms with E-state index in [1.165, 1.54) is 16.7 Å². The van der Waals surface area contributed by atoms with E-state index >= 15 is 0 Å². The Morgan fingerprint density at radius 2 is 1.76 bits per heavy atom. The molecule has 3 nitrogen and oxygen atoms in total. The van der Waals surface area contributed by atoms with Gasteiger partial charge in [-0.25, -0.2) is 0 Å². The summed E-state index contributed by atoms with van der Waals surface area (Å²) in [6.45, 7) is 4.18. The third-order valence-corrected chi connectivity index (χ3v) is 3.85. The second kappa shape index (κ2) is 7.91. The Hall–Kier alpha value is -1.71. The van der Waals surface area contributed by atoms with E-state index < -0.39 is 0 Å². The van der Waals surface area contributed by atoms with Crippen LogP contribution in [0.1, 0.15) is 22.7 Å². The van der Waals surface area contributed by atoms with Crippen molar-refractivity contribution in [3.05, 3.63) is 65.5 Å². The van der Waals surface area contributed by atoms with Gasteiger partial charge in [0.1, 0.15) is 0 Å². The first-order valence-electron chi connectivity index (χ1n) is 7.50. The molecule has 1 aromatic heterocycles. The number of nitrogens with zero attached hydrogens (tertiary/aromatic N) is 2. The van der Waals surface area contributed by atoms with Gasteiger partial charge in [0, 0.05) is 31.5 Å². The number of pyridine rings is 1. The highest BCUT2D eigenvalue weighted by molar-refractivity contribution is 5.24. The summed E-state index contributed by atoms with van der Waals surface area (Å²) in [6, 6.07) is 13.3. The van der Waals surface area contributed by atoms with Gasteiger partial charge in [-0.3, -0.25) is 4.98 Å². The van der Waals surface area contributed by atoms with Gasteiger partial charge in [0.05, 0.1) is 0 Å². The molecule has 1 atom stereocenters. The minimum absolute atomic E-state index is 0.369. The van der Waals surface area contributed by atoms with Crippen LogP contribution in [0.25, 0.3) is 0 Å². The highest BCUT2D eigenvalue weighted by atomic mass is 15.1. The number of likely N-dealkylation sites (N-methyl/N-ethyl adjacent to an activating group) is 2. The van der Waals surface area contributed by atoms with Crippen LogP contribution >= 0.6 is 0 Å².